The van der Waals surface area contributed by atoms with Gasteiger partial charge < -0.3 is 10.4 Å². The van der Waals surface area contributed by atoms with Gasteiger partial charge in [0, 0.05) is 12.0 Å². The maximum absolute atomic E-state index is 11.8. The zero-order valence-electron chi connectivity index (χ0n) is 8.95. The summed E-state index contributed by atoms with van der Waals surface area (Å²) in [5, 5.41) is 12.0. The van der Waals surface area contributed by atoms with Crippen LogP contribution in [-0.4, -0.2) is 17.2 Å². The highest BCUT2D eigenvalue weighted by atomic mass is 16.3. The summed E-state index contributed by atoms with van der Waals surface area (Å²) in [5.41, 5.74) is 2.74. The molecular weight excluding hydrogens is 190 g/mol. The van der Waals surface area contributed by atoms with Gasteiger partial charge in [-0.25, -0.2) is 0 Å². The third kappa shape index (κ3) is 1.75. The largest absolute Gasteiger partial charge is 0.373 e. The Bertz CT molecular complexity index is 399. The Labute approximate surface area is 89.1 Å². The monoisotopic (exact) mass is 205 g/mol. The third-order valence-electron chi connectivity index (χ3n) is 2.74. The van der Waals surface area contributed by atoms with Gasteiger partial charge in [-0.1, -0.05) is 32.0 Å². The Kier molecular flexibility index (Phi) is 2.49. The lowest BCUT2D eigenvalue weighted by atomic mass is 9.89. The highest BCUT2D eigenvalue weighted by molar-refractivity contribution is 5.98. The van der Waals surface area contributed by atoms with Crippen LogP contribution in [0.1, 0.15) is 41.3 Å². The molecule has 2 N–H and O–H groups in total. The number of hydrogen-bond acceptors (Lipinski definition) is 2. The summed E-state index contributed by atoms with van der Waals surface area (Å²) in [7, 11) is 0. The summed E-state index contributed by atoms with van der Waals surface area (Å²) in [6, 6.07) is 5.82. The fraction of sp³-hybridized carbons (Fsp3) is 0.417. The molecule has 1 aliphatic rings. The summed E-state index contributed by atoms with van der Waals surface area (Å²) in [6.45, 7) is 4.13. The minimum absolute atomic E-state index is 0.159. The lowest BCUT2D eigenvalue weighted by molar-refractivity contribution is 0.0748. The number of aliphatic hydroxyl groups excluding tert-OH is 1. The fourth-order valence-electron chi connectivity index (χ4n) is 2.03. The van der Waals surface area contributed by atoms with Crippen LogP contribution in [0, 0.1) is 0 Å². The zero-order valence-corrected chi connectivity index (χ0v) is 8.95. The second-order valence-corrected chi connectivity index (χ2v) is 4.23. The van der Waals surface area contributed by atoms with E-state index in [1.54, 1.807) is 0 Å². The van der Waals surface area contributed by atoms with Crippen LogP contribution in [-0.2, 0) is 6.42 Å². The summed E-state index contributed by atoms with van der Waals surface area (Å²) < 4.78 is 0. The first-order valence-electron chi connectivity index (χ1n) is 5.20. The number of hydrogen-bond donors (Lipinski definition) is 2. The van der Waals surface area contributed by atoms with E-state index in [0.717, 1.165) is 16.7 Å². The van der Waals surface area contributed by atoms with Crippen molar-refractivity contribution >= 4 is 5.91 Å². The molecule has 0 saturated heterocycles. The molecule has 1 atom stereocenters. The first-order chi connectivity index (χ1) is 7.09. The Morgan fingerprint density at radius 3 is 2.87 bits per heavy atom. The van der Waals surface area contributed by atoms with Crippen LogP contribution >= 0.6 is 0 Å². The highest BCUT2D eigenvalue weighted by Crippen LogP contribution is 2.25. The number of carbonyl (C=O) groups excluding carboxylic acids is 1. The first-order valence-corrected chi connectivity index (χ1v) is 5.20. The Morgan fingerprint density at radius 2 is 2.20 bits per heavy atom. The molecular formula is C12H15NO2. The number of carbonyl (C=O) groups is 1. The van der Waals surface area contributed by atoms with Crippen molar-refractivity contribution in [2.75, 3.05) is 0 Å². The molecule has 1 amide bonds. The van der Waals surface area contributed by atoms with Crippen LogP contribution in [0.4, 0.5) is 0 Å². The second-order valence-electron chi connectivity index (χ2n) is 4.23. The summed E-state index contributed by atoms with van der Waals surface area (Å²) in [4.78, 5) is 11.8. The molecule has 1 unspecified atom stereocenters. The Hall–Kier alpha value is -1.35. The average Bonchev–Trinajstić information content (AvgIpc) is 2.16. The molecule has 1 aliphatic heterocycles. The van der Waals surface area contributed by atoms with Gasteiger partial charge in [0.25, 0.3) is 5.91 Å². The van der Waals surface area contributed by atoms with Gasteiger partial charge in [-0.2, -0.15) is 0 Å². The predicted molar refractivity (Wildman–Crippen MR) is 57.7 cm³/mol. The van der Waals surface area contributed by atoms with Crippen LogP contribution in [0.3, 0.4) is 0 Å². The van der Waals surface area contributed by atoms with Crippen molar-refractivity contribution in [2.24, 2.45) is 0 Å². The van der Waals surface area contributed by atoms with Crippen molar-refractivity contribution in [3.8, 4) is 0 Å². The van der Waals surface area contributed by atoms with Crippen molar-refractivity contribution in [1.29, 1.82) is 0 Å². The molecule has 3 nitrogen and oxygen atoms in total. The molecule has 3 heteroatoms. The van der Waals surface area contributed by atoms with Crippen LogP contribution in [0.25, 0.3) is 0 Å². The molecule has 1 aromatic carbocycles. The van der Waals surface area contributed by atoms with Gasteiger partial charge in [-0.15, -0.1) is 0 Å². The number of benzene rings is 1. The molecule has 0 saturated carbocycles. The van der Waals surface area contributed by atoms with Crippen LogP contribution < -0.4 is 5.32 Å². The van der Waals surface area contributed by atoms with E-state index in [0.29, 0.717) is 12.3 Å². The van der Waals surface area contributed by atoms with E-state index in [9.17, 15) is 9.90 Å². The van der Waals surface area contributed by atoms with Crippen LogP contribution in [0.5, 0.6) is 0 Å². The van der Waals surface area contributed by atoms with E-state index in [1.165, 1.54) is 0 Å². The maximum atomic E-state index is 11.8. The topological polar surface area (TPSA) is 49.3 Å². The highest BCUT2D eigenvalue weighted by Gasteiger charge is 2.25. The number of fused-ring (bicyclic) bond motifs is 1. The molecule has 80 valence electrons. The van der Waals surface area contributed by atoms with E-state index >= 15 is 0 Å². The third-order valence-corrected chi connectivity index (χ3v) is 2.74. The van der Waals surface area contributed by atoms with E-state index in [2.05, 4.69) is 19.2 Å². The van der Waals surface area contributed by atoms with E-state index in [-0.39, 0.29) is 5.91 Å². The van der Waals surface area contributed by atoms with Crippen molar-refractivity contribution in [3.05, 3.63) is 34.9 Å². The number of rotatable bonds is 1. The molecule has 1 heterocycles. The summed E-state index contributed by atoms with van der Waals surface area (Å²) in [5.74, 6) is 0.161. The SMILES string of the molecule is CC(C)c1cccc2c1C(=O)NC(O)C2. The second kappa shape index (κ2) is 3.66. The fourth-order valence-corrected chi connectivity index (χ4v) is 2.03. The lowest BCUT2D eigenvalue weighted by Crippen LogP contribution is -2.41. The zero-order chi connectivity index (χ0) is 11.0. The molecule has 15 heavy (non-hydrogen) atoms. The Balaban J connectivity index is 2.55. The average molecular weight is 205 g/mol. The molecule has 0 radical (unpaired) electrons. The van der Waals surface area contributed by atoms with Crippen molar-refractivity contribution in [2.45, 2.75) is 32.4 Å². The molecule has 0 fully saturated rings. The minimum Gasteiger partial charge on any atom is -0.373 e. The van der Waals surface area contributed by atoms with Gasteiger partial charge in [-0.05, 0) is 17.0 Å². The van der Waals surface area contributed by atoms with Gasteiger partial charge in [0.15, 0.2) is 0 Å². The van der Waals surface area contributed by atoms with E-state index in [4.69, 9.17) is 0 Å². The minimum atomic E-state index is -0.743. The number of nitrogens with one attached hydrogen (secondary N) is 1. The molecule has 1 aromatic rings. The van der Waals surface area contributed by atoms with Gasteiger partial charge in [0.1, 0.15) is 6.23 Å². The summed E-state index contributed by atoms with van der Waals surface area (Å²) in [6.07, 6.45) is -0.242. The predicted octanol–water partition coefficient (Wildman–Crippen LogP) is 1.41. The van der Waals surface area contributed by atoms with Crippen LogP contribution in [0.2, 0.25) is 0 Å². The van der Waals surface area contributed by atoms with Crippen molar-refractivity contribution in [1.82, 2.24) is 5.32 Å². The van der Waals surface area contributed by atoms with Gasteiger partial charge in [-0.3, -0.25) is 4.79 Å². The van der Waals surface area contributed by atoms with Gasteiger partial charge in [0.2, 0.25) is 0 Å². The van der Waals surface area contributed by atoms with Crippen molar-refractivity contribution in [3.63, 3.8) is 0 Å². The molecule has 2 rings (SSSR count). The molecule has 0 aromatic heterocycles. The molecule has 0 bridgehead atoms. The van der Waals surface area contributed by atoms with Gasteiger partial charge >= 0.3 is 0 Å². The number of amides is 1. The molecule has 0 aliphatic carbocycles. The Morgan fingerprint density at radius 1 is 1.47 bits per heavy atom. The van der Waals surface area contributed by atoms with Gasteiger partial charge in [0.05, 0.1) is 0 Å². The van der Waals surface area contributed by atoms with Crippen LogP contribution in [0.15, 0.2) is 18.2 Å². The number of aliphatic hydroxyl groups is 1. The lowest BCUT2D eigenvalue weighted by Gasteiger charge is -2.24. The van der Waals surface area contributed by atoms with E-state index < -0.39 is 6.23 Å². The molecule has 0 spiro atoms. The quantitative estimate of drug-likeness (QED) is 0.728. The first kappa shape index (κ1) is 10.2. The maximum Gasteiger partial charge on any atom is 0.253 e. The van der Waals surface area contributed by atoms with E-state index in [1.807, 2.05) is 18.2 Å². The smallest absolute Gasteiger partial charge is 0.253 e. The van der Waals surface area contributed by atoms with Crippen molar-refractivity contribution < 1.29 is 9.90 Å². The standard InChI is InChI=1S/C12H15NO2/c1-7(2)9-5-3-4-8-6-10(14)13-12(15)11(8)9/h3-5,7,10,14H,6H2,1-2H3,(H,13,15). The normalized spacial score (nSPS) is 20.0. The summed E-state index contributed by atoms with van der Waals surface area (Å²) >= 11 is 0.